The largest absolute Gasteiger partial charge is 1.00 e. The molecule has 0 amide bonds. The van der Waals surface area contributed by atoms with Crippen LogP contribution in [0.15, 0.2) is 0 Å². The molecule has 0 saturated carbocycles. The number of hydrogen-bond donors (Lipinski definition) is 2. The maximum Gasteiger partial charge on any atom is 1.00 e. The van der Waals surface area contributed by atoms with Gasteiger partial charge in [-0.3, -0.25) is 4.21 Å². The van der Waals surface area contributed by atoms with Crippen molar-refractivity contribution in [2.24, 2.45) is 0 Å². The molecule has 4 nitrogen and oxygen atoms in total. The molecule has 0 aromatic carbocycles. The van der Waals surface area contributed by atoms with E-state index in [4.69, 9.17) is 9.11 Å². The van der Waals surface area contributed by atoms with E-state index in [-0.39, 0.29) is 58.2 Å². The Hall–Kier alpha value is 1.84. The van der Waals surface area contributed by atoms with Gasteiger partial charge in [-0.2, -0.15) is 7.05 Å². The summed E-state index contributed by atoms with van der Waals surface area (Å²) >= 11 is 0. The van der Waals surface area contributed by atoms with Gasteiger partial charge >= 0.3 is 58.2 Å². The Bertz CT molecular complexity index is 118. The van der Waals surface area contributed by atoms with Gasteiger partial charge in [0.05, 0.1) is 0 Å². The summed E-state index contributed by atoms with van der Waals surface area (Å²) in [4.78, 5) is 0. The second kappa shape index (κ2) is 3.29. The van der Waals surface area contributed by atoms with Crippen LogP contribution in [0.2, 0.25) is 0 Å². The number of nitrogens with zero attached hydrogens (tertiary/aromatic N) is 1. The molecule has 0 rings (SSSR count). The summed E-state index contributed by atoms with van der Waals surface area (Å²) in [5, 5.41) is 0. The van der Waals surface area contributed by atoms with E-state index in [9.17, 15) is 4.21 Å². The fourth-order valence-electron chi connectivity index (χ4n) is 0. The van der Waals surface area contributed by atoms with E-state index in [0.29, 0.717) is 0 Å². The number of hydrogen-bond acceptors (Lipinski definition) is 1. The van der Waals surface area contributed by atoms with Crippen molar-refractivity contribution in [2.75, 3.05) is 13.3 Å². The molecule has 8 heavy (non-hydrogen) atoms. The molecule has 46 valence electrons. The fourth-order valence-corrected chi connectivity index (χ4v) is 0. The van der Waals surface area contributed by atoms with Crippen LogP contribution in [0.5, 0.6) is 0 Å². The van der Waals surface area contributed by atoms with E-state index >= 15 is 0 Å². The van der Waals surface area contributed by atoms with Crippen LogP contribution in [0, 0.1) is 0 Å². The van der Waals surface area contributed by atoms with Crippen molar-refractivity contribution < 1.29 is 71.5 Å². The van der Waals surface area contributed by atoms with Gasteiger partial charge in [-0.1, -0.05) is 0 Å². The van der Waals surface area contributed by atoms with Gasteiger partial charge in [0, 0.05) is 16.1 Å². The molecule has 0 heterocycles. The molecule has 0 spiro atoms. The van der Waals surface area contributed by atoms with Crippen LogP contribution < -0.4 is 58.2 Å². The average molecular weight is 212 g/mol. The topological polar surface area (TPSA) is 71.6 Å². The molecule has 2 N–H and O–H groups in total. The second-order valence-corrected chi connectivity index (χ2v) is 4.10. The second-order valence-electron chi connectivity index (χ2n) is 1.37. The molecule has 0 radical (unpaired) electrons. The van der Waals surface area contributed by atoms with Gasteiger partial charge in [0.2, 0.25) is 0 Å². The maximum absolute atomic E-state index is 10.1. The van der Waals surface area contributed by atoms with Crippen LogP contribution in [0.25, 0.3) is 4.72 Å². The van der Waals surface area contributed by atoms with Crippen molar-refractivity contribution in [3.8, 4) is 0 Å². The minimum Gasteiger partial charge on any atom is -0.554 e. The van der Waals surface area contributed by atoms with Crippen LogP contribution >= 0.6 is 0 Å². The molecule has 0 aromatic rings. The van der Waals surface area contributed by atoms with Gasteiger partial charge in [0.1, 0.15) is 0 Å². The minimum atomic E-state index is -4.49. The van der Waals surface area contributed by atoms with E-state index in [1.165, 1.54) is 0 Å². The van der Waals surface area contributed by atoms with Crippen molar-refractivity contribution in [1.29, 1.82) is 0 Å². The quantitative estimate of drug-likeness (QED) is 0.496. The van der Waals surface area contributed by atoms with Crippen LogP contribution in [0.3, 0.4) is 0 Å². The Balaban J connectivity index is 0. The maximum atomic E-state index is 10.1. The third-order valence-electron chi connectivity index (χ3n) is 0.420. The van der Waals surface area contributed by atoms with Crippen molar-refractivity contribution in [2.45, 2.75) is 0 Å². The summed E-state index contributed by atoms with van der Waals surface area (Å²) in [5.41, 5.74) is 0. The molecular weight excluding hydrogens is 204 g/mol. The van der Waals surface area contributed by atoms with Gasteiger partial charge in [0.15, 0.2) is 0 Å². The Morgan fingerprint density at radius 2 is 1.62 bits per heavy atom. The van der Waals surface area contributed by atoms with E-state index < -0.39 is 9.81 Å². The third-order valence-corrected chi connectivity index (χ3v) is 1.26. The predicted octanol–water partition coefficient (Wildman–Crippen LogP) is -2.70. The van der Waals surface area contributed by atoms with Gasteiger partial charge in [0.25, 0.3) is 0 Å². The van der Waals surface area contributed by atoms with Gasteiger partial charge in [-0.25, -0.2) is 0 Å². The average Bonchev–Trinajstić information content (AvgIpc) is 1.32. The van der Waals surface area contributed by atoms with Crippen LogP contribution in [-0.2, 0) is 9.81 Å². The predicted molar refractivity (Wildman–Crippen MR) is 28.6 cm³/mol. The number of rotatable bonds is 1. The first-order chi connectivity index (χ1) is 2.81. The molecule has 0 aliphatic carbocycles. The molecule has 0 fully saturated rings. The van der Waals surface area contributed by atoms with Gasteiger partial charge in [-0.15, -0.1) is 0 Å². The van der Waals surface area contributed by atoms with Crippen LogP contribution in [0.1, 0.15) is 0 Å². The minimum absolute atomic E-state index is 0. The Morgan fingerprint density at radius 1 is 1.50 bits per heavy atom. The van der Waals surface area contributed by atoms with Crippen molar-refractivity contribution in [1.82, 2.24) is 0 Å². The normalized spacial score (nSPS) is 15.8. The molecule has 0 aliphatic rings. The molecule has 0 saturated heterocycles. The smallest absolute Gasteiger partial charge is 0.554 e. The first kappa shape index (κ1) is 12.5. The van der Waals surface area contributed by atoms with Crippen molar-refractivity contribution in [3.05, 3.63) is 4.72 Å². The monoisotopic (exact) mass is 211 g/mol. The standard InChI is InChI=1S/C2H8NO3S.Rb/c1-3-7(2,4,5)6;/h1-2H3,(H2-,3,4,5,6);/q-1;+1. The molecule has 6 heteroatoms. The van der Waals surface area contributed by atoms with E-state index in [0.717, 1.165) is 13.3 Å². The van der Waals surface area contributed by atoms with Gasteiger partial charge in [-0.05, 0) is 0 Å². The first-order valence-corrected chi connectivity index (χ1v) is 3.82. The zero-order valence-corrected chi connectivity index (χ0v) is 10.9. The molecule has 0 atom stereocenters. The molecule has 0 bridgehead atoms. The van der Waals surface area contributed by atoms with Crippen LogP contribution in [-0.4, -0.2) is 26.6 Å². The molecule has 0 aliphatic heterocycles. The summed E-state index contributed by atoms with van der Waals surface area (Å²) in [6.45, 7) is 0. The Labute approximate surface area is 97.4 Å². The summed E-state index contributed by atoms with van der Waals surface area (Å²) in [5.74, 6) is 0. The zero-order valence-electron chi connectivity index (χ0n) is 5.16. The third kappa shape index (κ3) is 10.8. The van der Waals surface area contributed by atoms with Crippen molar-refractivity contribution in [3.63, 3.8) is 0 Å². The van der Waals surface area contributed by atoms with Gasteiger partial charge < -0.3 is 13.8 Å². The summed E-state index contributed by atoms with van der Waals surface area (Å²) in [7, 11) is -3.41. The van der Waals surface area contributed by atoms with E-state index in [2.05, 4.69) is 4.72 Å². The molecule has 0 unspecified atom stereocenters. The summed E-state index contributed by atoms with van der Waals surface area (Å²) in [6, 6.07) is 0. The first-order valence-electron chi connectivity index (χ1n) is 1.57. The summed E-state index contributed by atoms with van der Waals surface area (Å²) < 4.78 is 29.4. The molecular formula is C2H8NO3RbS. The van der Waals surface area contributed by atoms with Crippen molar-refractivity contribution >= 4 is 9.81 Å². The van der Waals surface area contributed by atoms with E-state index in [1.807, 2.05) is 0 Å². The van der Waals surface area contributed by atoms with Crippen LogP contribution in [0.4, 0.5) is 0 Å². The van der Waals surface area contributed by atoms with E-state index in [1.54, 1.807) is 0 Å². The fraction of sp³-hybridized carbons (Fsp3) is 1.00. The summed E-state index contributed by atoms with van der Waals surface area (Å²) in [6.07, 6.45) is 0.761. The molecule has 0 aromatic heterocycles. The Morgan fingerprint density at radius 3 is 1.62 bits per heavy atom. The Kier molecular flexibility index (Phi) is 5.15. The SMILES string of the molecule is C[N-]S(C)(=O)(O)O.[Rb+]. The zero-order chi connectivity index (χ0) is 6.15.